The average Bonchev–Trinajstić information content (AvgIpc) is 3.26. The van der Waals surface area contributed by atoms with Gasteiger partial charge in [0.15, 0.2) is 0 Å². The number of hydrogen-bond donors (Lipinski definition) is 1. The summed E-state index contributed by atoms with van der Waals surface area (Å²) in [6.07, 6.45) is 9.12. The lowest BCUT2D eigenvalue weighted by molar-refractivity contribution is -0.128. The Bertz CT molecular complexity index is 558. The van der Waals surface area contributed by atoms with E-state index in [1.807, 2.05) is 0 Å². The lowest BCUT2D eigenvalue weighted by atomic mass is 9.53. The summed E-state index contributed by atoms with van der Waals surface area (Å²) in [6.45, 7) is 0. The van der Waals surface area contributed by atoms with Crippen molar-refractivity contribution in [3.05, 3.63) is 35.9 Å². The Morgan fingerprint density at radius 3 is 2.09 bits per heavy atom. The maximum absolute atomic E-state index is 12.8. The maximum Gasteiger partial charge on any atom is 0.224 e. The third-order valence-electron chi connectivity index (χ3n) is 6.78. The molecule has 1 aromatic rings. The van der Waals surface area contributed by atoms with Crippen molar-refractivity contribution in [1.82, 2.24) is 5.32 Å². The minimum Gasteiger partial charge on any atom is -0.350 e. The van der Waals surface area contributed by atoms with Gasteiger partial charge in [-0.3, -0.25) is 4.79 Å². The van der Waals surface area contributed by atoms with Crippen LogP contribution in [0.2, 0.25) is 0 Å². The molecule has 1 N–H and O–H groups in total. The zero-order valence-corrected chi connectivity index (χ0v) is 13.1. The zero-order valence-electron chi connectivity index (χ0n) is 13.1. The van der Waals surface area contributed by atoms with Gasteiger partial charge in [0, 0.05) is 11.5 Å². The van der Waals surface area contributed by atoms with Crippen LogP contribution in [-0.2, 0) is 4.79 Å². The molecule has 22 heavy (non-hydrogen) atoms. The molecule has 0 saturated heterocycles. The van der Waals surface area contributed by atoms with Crippen molar-refractivity contribution in [1.29, 1.82) is 0 Å². The minimum absolute atomic E-state index is 0.176. The summed E-state index contributed by atoms with van der Waals surface area (Å²) in [4.78, 5) is 12.8. The molecule has 116 valence electrons. The second-order valence-electron chi connectivity index (χ2n) is 8.55. The molecule has 2 heteroatoms. The summed E-state index contributed by atoms with van der Waals surface area (Å²) < 4.78 is 0. The molecule has 5 aliphatic carbocycles. The molecule has 1 aromatic carbocycles. The van der Waals surface area contributed by atoms with Crippen LogP contribution in [0.5, 0.6) is 0 Å². The van der Waals surface area contributed by atoms with Crippen LogP contribution in [0.4, 0.5) is 0 Å². The van der Waals surface area contributed by atoms with Crippen LogP contribution in [0.25, 0.3) is 0 Å². The molecular formula is C20H25NO. The minimum atomic E-state index is 0.176. The Balaban J connectivity index is 1.28. The number of nitrogens with one attached hydrogen (secondary N) is 1. The maximum atomic E-state index is 12.8. The third kappa shape index (κ3) is 2.11. The first-order chi connectivity index (χ1) is 10.7. The van der Waals surface area contributed by atoms with Crippen molar-refractivity contribution in [3.8, 4) is 0 Å². The predicted octanol–water partition coefficient (Wildman–Crippen LogP) is 3.88. The second kappa shape index (κ2) is 4.59. The topological polar surface area (TPSA) is 29.1 Å². The highest BCUT2D eigenvalue weighted by Gasteiger charge is 2.53. The molecular weight excluding hydrogens is 270 g/mol. The lowest BCUT2D eigenvalue weighted by Gasteiger charge is -2.57. The van der Waals surface area contributed by atoms with E-state index in [0.717, 1.165) is 24.2 Å². The van der Waals surface area contributed by atoms with Crippen LogP contribution in [-0.4, -0.2) is 11.4 Å². The van der Waals surface area contributed by atoms with E-state index in [0.29, 0.717) is 11.8 Å². The Kier molecular flexibility index (Phi) is 2.75. The molecule has 4 bridgehead atoms. The standard InChI is InChI=1S/C20H25NO/c22-19(18-9-17(18)16-4-2-1-3-5-16)21-20-10-13-6-14(11-20)8-15(7-13)12-20/h1-5,13-15,17-18H,6-12H2,(H,21,22)/t13?,14?,15?,17-,18+,20?/m1/s1. The molecule has 0 aromatic heterocycles. The monoisotopic (exact) mass is 295 g/mol. The molecule has 5 aliphatic rings. The molecule has 0 aliphatic heterocycles. The van der Waals surface area contributed by atoms with Gasteiger partial charge < -0.3 is 5.32 Å². The van der Waals surface area contributed by atoms with Crippen molar-refractivity contribution in [2.75, 3.05) is 0 Å². The first-order valence-electron chi connectivity index (χ1n) is 9.08. The molecule has 2 atom stereocenters. The number of amides is 1. The van der Waals surface area contributed by atoms with Crippen molar-refractivity contribution in [3.63, 3.8) is 0 Å². The number of benzene rings is 1. The van der Waals surface area contributed by atoms with Crippen molar-refractivity contribution >= 4 is 5.91 Å². The molecule has 5 fully saturated rings. The van der Waals surface area contributed by atoms with Crippen LogP contribution in [0, 0.1) is 23.7 Å². The van der Waals surface area contributed by atoms with Crippen molar-refractivity contribution in [2.45, 2.75) is 56.4 Å². The smallest absolute Gasteiger partial charge is 0.224 e. The molecule has 1 amide bonds. The summed E-state index contributed by atoms with van der Waals surface area (Å²) in [5.41, 5.74) is 1.52. The first-order valence-corrected chi connectivity index (χ1v) is 9.08. The molecule has 0 unspecified atom stereocenters. The van der Waals surface area contributed by atoms with Crippen molar-refractivity contribution < 1.29 is 4.79 Å². The van der Waals surface area contributed by atoms with Gasteiger partial charge in [0.05, 0.1) is 0 Å². The summed E-state index contributed by atoms with van der Waals surface area (Å²) >= 11 is 0. The molecule has 0 radical (unpaired) electrons. The van der Waals surface area contributed by atoms with Crippen molar-refractivity contribution in [2.24, 2.45) is 23.7 Å². The van der Waals surface area contributed by atoms with Gasteiger partial charge in [0.25, 0.3) is 0 Å². The number of carbonyl (C=O) groups is 1. The zero-order chi connectivity index (χ0) is 14.7. The molecule has 0 spiro atoms. The number of rotatable bonds is 3. The van der Waals surface area contributed by atoms with Crippen LogP contribution in [0.15, 0.2) is 30.3 Å². The van der Waals surface area contributed by atoms with Crippen LogP contribution in [0.3, 0.4) is 0 Å². The largest absolute Gasteiger partial charge is 0.350 e. The average molecular weight is 295 g/mol. The predicted molar refractivity (Wildman–Crippen MR) is 86.3 cm³/mol. The summed E-state index contributed by atoms with van der Waals surface area (Å²) in [7, 11) is 0. The van der Waals surface area contributed by atoms with Gasteiger partial charge in [-0.25, -0.2) is 0 Å². The Morgan fingerprint density at radius 2 is 1.50 bits per heavy atom. The summed E-state index contributed by atoms with van der Waals surface area (Å²) in [5, 5.41) is 3.55. The number of carbonyl (C=O) groups excluding carboxylic acids is 1. The van der Waals surface area contributed by atoms with Gasteiger partial charge in [-0.05, 0) is 74.2 Å². The Hall–Kier alpha value is -1.31. The Labute approximate surface area is 132 Å². The van der Waals surface area contributed by atoms with Gasteiger partial charge in [-0.2, -0.15) is 0 Å². The number of hydrogen-bond acceptors (Lipinski definition) is 1. The van der Waals surface area contributed by atoms with Gasteiger partial charge in [0.1, 0.15) is 0 Å². The highest BCUT2D eigenvalue weighted by atomic mass is 16.2. The van der Waals surface area contributed by atoms with Gasteiger partial charge in [-0.15, -0.1) is 0 Å². The second-order valence-corrected chi connectivity index (χ2v) is 8.55. The van der Waals surface area contributed by atoms with E-state index in [1.54, 1.807) is 0 Å². The molecule has 6 rings (SSSR count). The van der Waals surface area contributed by atoms with E-state index in [-0.39, 0.29) is 11.5 Å². The fraction of sp³-hybridized carbons (Fsp3) is 0.650. The van der Waals surface area contributed by atoms with Gasteiger partial charge >= 0.3 is 0 Å². The highest BCUT2D eigenvalue weighted by Crippen LogP contribution is 2.56. The highest BCUT2D eigenvalue weighted by molar-refractivity contribution is 5.83. The quantitative estimate of drug-likeness (QED) is 0.901. The van der Waals surface area contributed by atoms with E-state index in [2.05, 4.69) is 35.6 Å². The van der Waals surface area contributed by atoms with E-state index in [9.17, 15) is 4.79 Å². The third-order valence-corrected chi connectivity index (χ3v) is 6.78. The fourth-order valence-electron chi connectivity index (χ4n) is 6.17. The summed E-state index contributed by atoms with van der Waals surface area (Å²) in [6, 6.07) is 10.6. The van der Waals surface area contributed by atoms with Crippen LogP contribution >= 0.6 is 0 Å². The molecule has 5 saturated carbocycles. The lowest BCUT2D eigenvalue weighted by Crippen LogP contribution is -2.60. The SMILES string of the molecule is O=C(NC12CC3CC(CC(C3)C1)C2)[C@H]1C[C@@H]1c1ccccc1. The van der Waals surface area contributed by atoms with E-state index >= 15 is 0 Å². The molecule has 0 heterocycles. The molecule has 2 nitrogen and oxygen atoms in total. The van der Waals surface area contributed by atoms with E-state index < -0.39 is 0 Å². The van der Waals surface area contributed by atoms with E-state index in [4.69, 9.17) is 0 Å². The Morgan fingerprint density at radius 1 is 0.909 bits per heavy atom. The normalized spacial score (nSPS) is 44.8. The first kappa shape index (κ1) is 13.2. The fourth-order valence-corrected chi connectivity index (χ4v) is 6.17. The van der Waals surface area contributed by atoms with Crippen LogP contribution < -0.4 is 5.32 Å². The van der Waals surface area contributed by atoms with Gasteiger partial charge in [-0.1, -0.05) is 30.3 Å². The summed E-state index contributed by atoms with van der Waals surface area (Å²) in [5.74, 6) is 3.74. The van der Waals surface area contributed by atoms with E-state index in [1.165, 1.54) is 44.1 Å². The van der Waals surface area contributed by atoms with Crippen LogP contribution in [0.1, 0.15) is 56.4 Å². The van der Waals surface area contributed by atoms with Gasteiger partial charge in [0.2, 0.25) is 5.91 Å².